The van der Waals surface area contributed by atoms with Crippen molar-refractivity contribution in [2.24, 2.45) is 0 Å². The minimum absolute atomic E-state index is 0.0767. The molecular weight excluding hydrogens is 317 g/mol. The van der Waals surface area contributed by atoms with Crippen molar-refractivity contribution >= 4 is 17.7 Å². The first kappa shape index (κ1) is 16.0. The molecule has 0 saturated carbocycles. The van der Waals surface area contributed by atoms with E-state index in [0.29, 0.717) is 0 Å². The Morgan fingerprint density at radius 2 is 2.22 bits per heavy atom. The minimum Gasteiger partial charge on any atom is -0.411 e. The number of rotatable bonds is 4. The molecule has 1 fully saturated rings. The molecule has 1 aromatic heterocycles. The van der Waals surface area contributed by atoms with E-state index >= 15 is 0 Å². The third-order valence-corrected chi connectivity index (χ3v) is 4.76. The van der Waals surface area contributed by atoms with Gasteiger partial charge in [0.15, 0.2) is 0 Å². The van der Waals surface area contributed by atoms with Crippen LogP contribution < -0.4 is 0 Å². The second kappa shape index (κ2) is 7.12. The first-order chi connectivity index (χ1) is 11.1. The lowest BCUT2D eigenvalue weighted by atomic mass is 10.0. The molecule has 0 N–H and O–H groups in total. The molecule has 1 aliphatic heterocycles. The van der Waals surface area contributed by atoms with Gasteiger partial charge in [-0.15, -0.1) is 10.2 Å². The lowest BCUT2D eigenvalue weighted by Gasteiger charge is -2.33. The average molecular weight is 335 g/mol. The summed E-state index contributed by atoms with van der Waals surface area (Å²) >= 11 is 1.19. The summed E-state index contributed by atoms with van der Waals surface area (Å²) in [5.41, 5.74) is 0.267. The van der Waals surface area contributed by atoms with E-state index in [0.717, 1.165) is 19.4 Å². The number of amides is 1. The van der Waals surface area contributed by atoms with E-state index in [1.54, 1.807) is 18.2 Å². The molecule has 0 bridgehead atoms. The summed E-state index contributed by atoms with van der Waals surface area (Å²) in [5.74, 6) is 0.0478. The number of piperidine rings is 1. The molecule has 1 atom stereocenters. The SMILES string of the molecule is CC1CCCCN1C(=O)CSc1nnc(-c2ccccc2F)o1. The maximum atomic E-state index is 13.7. The van der Waals surface area contributed by atoms with E-state index in [1.807, 2.05) is 4.90 Å². The molecule has 5 nitrogen and oxygen atoms in total. The van der Waals surface area contributed by atoms with Gasteiger partial charge in [-0.3, -0.25) is 4.79 Å². The van der Waals surface area contributed by atoms with Gasteiger partial charge in [0, 0.05) is 12.6 Å². The largest absolute Gasteiger partial charge is 0.411 e. The number of benzene rings is 1. The predicted molar refractivity (Wildman–Crippen MR) is 85.4 cm³/mol. The van der Waals surface area contributed by atoms with E-state index in [1.165, 1.54) is 24.2 Å². The smallest absolute Gasteiger partial charge is 0.277 e. The van der Waals surface area contributed by atoms with Crippen LogP contribution in [0.15, 0.2) is 33.9 Å². The summed E-state index contributed by atoms with van der Waals surface area (Å²) in [6.45, 7) is 2.88. The number of nitrogens with zero attached hydrogens (tertiary/aromatic N) is 3. The van der Waals surface area contributed by atoms with E-state index in [-0.39, 0.29) is 34.4 Å². The van der Waals surface area contributed by atoms with Crippen LogP contribution in [0, 0.1) is 5.82 Å². The summed E-state index contributed by atoms with van der Waals surface area (Å²) in [6.07, 6.45) is 3.28. The Bertz CT molecular complexity index is 691. The molecule has 1 amide bonds. The van der Waals surface area contributed by atoms with Crippen molar-refractivity contribution in [3.8, 4) is 11.5 Å². The van der Waals surface area contributed by atoms with Crippen LogP contribution in [0.2, 0.25) is 0 Å². The Balaban J connectivity index is 1.61. The van der Waals surface area contributed by atoms with Crippen LogP contribution in [0.1, 0.15) is 26.2 Å². The van der Waals surface area contributed by atoms with E-state index < -0.39 is 5.82 Å². The van der Waals surface area contributed by atoms with Crippen molar-refractivity contribution in [3.63, 3.8) is 0 Å². The highest BCUT2D eigenvalue weighted by Crippen LogP contribution is 2.26. The first-order valence-corrected chi connectivity index (χ1v) is 8.64. The quantitative estimate of drug-likeness (QED) is 0.802. The van der Waals surface area contributed by atoms with Crippen LogP contribution in [0.4, 0.5) is 4.39 Å². The maximum absolute atomic E-state index is 13.7. The molecule has 3 rings (SSSR count). The van der Waals surface area contributed by atoms with Crippen molar-refractivity contribution < 1.29 is 13.6 Å². The summed E-state index contributed by atoms with van der Waals surface area (Å²) in [5, 5.41) is 8.01. The molecule has 0 spiro atoms. The van der Waals surface area contributed by atoms with Gasteiger partial charge in [-0.25, -0.2) is 4.39 Å². The lowest BCUT2D eigenvalue weighted by molar-refractivity contribution is -0.131. The van der Waals surface area contributed by atoms with Crippen LogP contribution in [0.25, 0.3) is 11.5 Å². The molecule has 2 aromatic rings. The second-order valence-electron chi connectivity index (χ2n) is 5.57. The first-order valence-electron chi connectivity index (χ1n) is 7.66. The fraction of sp³-hybridized carbons (Fsp3) is 0.438. The van der Waals surface area contributed by atoms with Crippen LogP contribution in [0.3, 0.4) is 0 Å². The number of carbonyl (C=O) groups excluding carboxylic acids is 1. The second-order valence-corrected chi connectivity index (χ2v) is 6.50. The van der Waals surface area contributed by atoms with E-state index in [4.69, 9.17) is 4.42 Å². The fourth-order valence-corrected chi connectivity index (χ4v) is 3.34. The Morgan fingerprint density at radius 1 is 1.39 bits per heavy atom. The highest BCUT2D eigenvalue weighted by atomic mass is 32.2. The van der Waals surface area contributed by atoms with Gasteiger partial charge in [0.25, 0.3) is 11.1 Å². The average Bonchev–Trinajstić information content (AvgIpc) is 3.02. The van der Waals surface area contributed by atoms with Gasteiger partial charge in [0.1, 0.15) is 5.82 Å². The van der Waals surface area contributed by atoms with Crippen LogP contribution in [-0.2, 0) is 4.79 Å². The zero-order valence-corrected chi connectivity index (χ0v) is 13.7. The van der Waals surface area contributed by atoms with Crippen molar-refractivity contribution in [3.05, 3.63) is 30.1 Å². The van der Waals surface area contributed by atoms with Gasteiger partial charge >= 0.3 is 0 Å². The summed E-state index contributed by atoms with van der Waals surface area (Å²) in [7, 11) is 0. The molecule has 23 heavy (non-hydrogen) atoms. The number of halogens is 1. The van der Waals surface area contributed by atoms with Crippen molar-refractivity contribution in [2.75, 3.05) is 12.3 Å². The number of aromatic nitrogens is 2. The number of hydrogen-bond donors (Lipinski definition) is 0. The number of carbonyl (C=O) groups is 1. The van der Waals surface area contributed by atoms with Gasteiger partial charge in [-0.1, -0.05) is 23.9 Å². The summed E-state index contributed by atoms with van der Waals surface area (Å²) in [6, 6.07) is 6.51. The topological polar surface area (TPSA) is 59.2 Å². The maximum Gasteiger partial charge on any atom is 0.277 e. The molecule has 1 aromatic carbocycles. The number of hydrogen-bond acceptors (Lipinski definition) is 5. The van der Waals surface area contributed by atoms with E-state index in [9.17, 15) is 9.18 Å². The molecule has 122 valence electrons. The van der Waals surface area contributed by atoms with E-state index in [2.05, 4.69) is 17.1 Å². The fourth-order valence-electron chi connectivity index (χ4n) is 2.69. The van der Waals surface area contributed by atoms with Crippen LogP contribution in [-0.4, -0.2) is 39.3 Å². The van der Waals surface area contributed by atoms with Gasteiger partial charge in [0.2, 0.25) is 5.91 Å². The Morgan fingerprint density at radius 3 is 3.00 bits per heavy atom. The van der Waals surface area contributed by atoms with Crippen molar-refractivity contribution in [1.29, 1.82) is 0 Å². The monoisotopic (exact) mass is 335 g/mol. The van der Waals surface area contributed by atoms with Gasteiger partial charge < -0.3 is 9.32 Å². The number of thioether (sulfide) groups is 1. The molecule has 0 radical (unpaired) electrons. The molecular formula is C16H18FN3O2S. The molecule has 1 aliphatic rings. The Hall–Kier alpha value is -1.89. The zero-order valence-electron chi connectivity index (χ0n) is 12.9. The zero-order chi connectivity index (χ0) is 16.2. The molecule has 1 saturated heterocycles. The highest BCUT2D eigenvalue weighted by molar-refractivity contribution is 7.99. The van der Waals surface area contributed by atoms with Gasteiger partial charge in [-0.05, 0) is 38.3 Å². The van der Waals surface area contributed by atoms with Crippen LogP contribution in [0.5, 0.6) is 0 Å². The minimum atomic E-state index is -0.411. The normalized spacial score (nSPS) is 18.2. The summed E-state index contributed by atoms with van der Waals surface area (Å²) in [4.78, 5) is 14.2. The van der Waals surface area contributed by atoms with Crippen LogP contribution >= 0.6 is 11.8 Å². The van der Waals surface area contributed by atoms with Crippen molar-refractivity contribution in [1.82, 2.24) is 15.1 Å². The van der Waals surface area contributed by atoms with Crippen molar-refractivity contribution in [2.45, 2.75) is 37.5 Å². The molecule has 2 heterocycles. The third-order valence-electron chi connectivity index (χ3n) is 3.95. The van der Waals surface area contributed by atoms with Gasteiger partial charge in [-0.2, -0.15) is 0 Å². The summed E-state index contributed by atoms with van der Waals surface area (Å²) < 4.78 is 19.1. The standard InChI is InChI=1S/C16H18FN3O2S/c1-11-6-4-5-9-20(11)14(21)10-23-16-19-18-15(22-16)12-7-2-3-8-13(12)17/h2-3,7-8,11H,4-6,9-10H2,1H3. The third kappa shape index (κ3) is 3.72. The Labute approximate surface area is 138 Å². The van der Waals surface area contributed by atoms with Gasteiger partial charge in [0.05, 0.1) is 11.3 Å². The predicted octanol–water partition coefficient (Wildman–Crippen LogP) is 3.37. The number of likely N-dealkylation sites (tertiary alicyclic amines) is 1. The Kier molecular flexibility index (Phi) is 4.95. The molecule has 0 aliphatic carbocycles. The molecule has 1 unspecified atom stereocenters. The molecule has 7 heteroatoms. The highest BCUT2D eigenvalue weighted by Gasteiger charge is 2.23. The lowest BCUT2D eigenvalue weighted by Crippen LogP contribution is -2.42.